The predicted octanol–water partition coefficient (Wildman–Crippen LogP) is 6.01. The fraction of sp³-hybridized carbons (Fsp3) is 0.455. The first kappa shape index (κ1) is 47.3. The minimum Gasteiger partial charge on any atom is -0.453 e. The second-order valence-corrected chi connectivity index (χ2v) is 16.7. The molecule has 0 saturated carbocycles. The third kappa shape index (κ3) is 13.5. The number of anilines is 3. The fourth-order valence-corrected chi connectivity index (χ4v) is 5.99. The molecule has 0 heterocycles. The van der Waals surface area contributed by atoms with Crippen LogP contribution in [0.3, 0.4) is 0 Å². The highest BCUT2D eigenvalue weighted by Crippen LogP contribution is 2.25. The first-order chi connectivity index (χ1) is 27.6. The third-order valence-corrected chi connectivity index (χ3v) is 10.0. The molecule has 6 amide bonds. The second kappa shape index (κ2) is 20.5. The second-order valence-electron chi connectivity index (χ2n) is 16.7. The van der Waals surface area contributed by atoms with Crippen molar-refractivity contribution in [1.29, 1.82) is 0 Å². The monoisotopic (exact) mass is 815 g/mol. The number of methoxy groups -OCH3 is 2. The summed E-state index contributed by atoms with van der Waals surface area (Å²) in [7, 11) is 5.50. The van der Waals surface area contributed by atoms with E-state index in [9.17, 15) is 28.8 Å². The van der Waals surface area contributed by atoms with E-state index >= 15 is 0 Å². The van der Waals surface area contributed by atoms with Crippen LogP contribution in [0.2, 0.25) is 0 Å². The van der Waals surface area contributed by atoms with E-state index in [1.165, 1.54) is 38.1 Å². The molecule has 59 heavy (non-hydrogen) atoms. The van der Waals surface area contributed by atoms with Crippen LogP contribution in [-0.4, -0.2) is 98.1 Å². The smallest absolute Gasteiger partial charge is 0.407 e. The molecule has 0 radical (unpaired) electrons. The lowest BCUT2D eigenvalue weighted by Crippen LogP contribution is -2.57. The van der Waals surface area contributed by atoms with Crippen molar-refractivity contribution >= 4 is 52.9 Å². The number of alkyl carbamates (subject to hydrolysis) is 2. The molecule has 3 aromatic rings. The van der Waals surface area contributed by atoms with E-state index in [-0.39, 0.29) is 11.8 Å². The Morgan fingerprint density at radius 1 is 0.559 bits per heavy atom. The SMILES string of the molecule is COC(=O)N[C@H](C(=O)N(C)[C@@H](C)C(=O)Nc1ccc(CN(Cc2ccc(NC(=O)[C@H](C)N(C)C(=O)[C@@H](NC(=O)OC)C(C)(C)C)cc2)c2ccccc2)cc1)C(C)(C)C. The van der Waals surface area contributed by atoms with Crippen molar-refractivity contribution in [3.63, 3.8) is 0 Å². The van der Waals surface area contributed by atoms with Gasteiger partial charge in [-0.3, -0.25) is 19.2 Å². The number of rotatable bonds is 15. The molecule has 4 atom stereocenters. The Bertz CT molecular complexity index is 1790. The molecule has 0 unspecified atom stereocenters. The molecule has 0 aliphatic heterocycles. The molecule has 0 aliphatic carbocycles. The first-order valence-electron chi connectivity index (χ1n) is 19.4. The van der Waals surface area contributed by atoms with Crippen LogP contribution in [0.4, 0.5) is 26.7 Å². The van der Waals surface area contributed by atoms with E-state index in [1.807, 2.05) is 120 Å². The van der Waals surface area contributed by atoms with E-state index in [1.54, 1.807) is 13.8 Å². The zero-order valence-corrected chi connectivity index (χ0v) is 36.3. The highest BCUT2D eigenvalue weighted by atomic mass is 16.5. The molecule has 0 fully saturated rings. The van der Waals surface area contributed by atoms with E-state index in [2.05, 4.69) is 26.2 Å². The van der Waals surface area contributed by atoms with Gasteiger partial charge in [0.05, 0.1) is 14.2 Å². The molecule has 15 nitrogen and oxygen atoms in total. The number of benzene rings is 3. The summed E-state index contributed by atoms with van der Waals surface area (Å²) >= 11 is 0. The van der Waals surface area contributed by atoms with Gasteiger partial charge in [0.1, 0.15) is 24.2 Å². The summed E-state index contributed by atoms with van der Waals surface area (Å²) in [4.78, 5) is 82.0. The Hall–Kier alpha value is -6.12. The van der Waals surface area contributed by atoms with E-state index in [0.717, 1.165) is 16.8 Å². The minimum atomic E-state index is -0.910. The maximum absolute atomic E-state index is 13.4. The predicted molar refractivity (Wildman–Crippen MR) is 229 cm³/mol. The van der Waals surface area contributed by atoms with Crippen molar-refractivity contribution in [2.75, 3.05) is 43.8 Å². The van der Waals surface area contributed by atoms with Gasteiger partial charge in [-0.1, -0.05) is 84.0 Å². The largest absolute Gasteiger partial charge is 0.453 e. The van der Waals surface area contributed by atoms with Crippen LogP contribution in [0.15, 0.2) is 78.9 Å². The molecular weight excluding hydrogens is 755 g/mol. The number of nitrogens with one attached hydrogen (secondary N) is 4. The fourth-order valence-electron chi connectivity index (χ4n) is 5.99. The molecule has 320 valence electrons. The zero-order valence-electron chi connectivity index (χ0n) is 36.3. The molecule has 4 N–H and O–H groups in total. The number of hydrogen-bond acceptors (Lipinski definition) is 9. The number of likely N-dealkylation sites (N-methyl/N-ethyl adjacent to an activating group) is 2. The first-order valence-corrected chi connectivity index (χ1v) is 19.4. The van der Waals surface area contributed by atoms with Gasteiger partial charge in [-0.25, -0.2) is 9.59 Å². The highest BCUT2D eigenvalue weighted by Gasteiger charge is 2.39. The number of nitrogens with zero attached hydrogens (tertiary/aromatic N) is 3. The van der Waals surface area contributed by atoms with E-state index < -0.39 is 59.0 Å². The van der Waals surface area contributed by atoms with Gasteiger partial charge in [-0.2, -0.15) is 0 Å². The molecule has 0 bridgehead atoms. The van der Waals surface area contributed by atoms with Crippen molar-refractivity contribution in [3.8, 4) is 0 Å². The van der Waals surface area contributed by atoms with Crippen LogP contribution in [0.25, 0.3) is 0 Å². The van der Waals surface area contributed by atoms with Crippen molar-refractivity contribution in [2.24, 2.45) is 10.8 Å². The van der Waals surface area contributed by atoms with Crippen molar-refractivity contribution < 1.29 is 38.2 Å². The standard InChI is InChI=1S/C44H61N7O8/c1-28(49(9)39(54)35(43(3,4)5)47-41(56)58-11)37(52)45-32-22-18-30(19-23-32)26-51(34-16-14-13-15-17-34)27-31-20-24-33(25-21-31)46-38(53)29(2)50(10)40(55)36(44(6,7)8)48-42(57)59-12/h13-25,28-29,35-36H,26-27H2,1-12H3,(H,45,52)(H,46,53)(H,47,56)(H,48,57)/t28-,29-,35+,36+/m0/s1. The molecule has 0 aliphatic rings. The van der Waals surface area contributed by atoms with Gasteiger partial charge >= 0.3 is 12.2 Å². The number of carbonyl (C=O) groups is 6. The summed E-state index contributed by atoms with van der Waals surface area (Å²) < 4.78 is 9.40. The van der Waals surface area contributed by atoms with Gasteiger partial charge in [-0.15, -0.1) is 0 Å². The molecule has 15 heteroatoms. The minimum absolute atomic E-state index is 0.387. The Morgan fingerprint density at radius 2 is 0.898 bits per heavy atom. The number of ether oxygens (including phenoxy) is 2. The summed E-state index contributed by atoms with van der Waals surface area (Å²) in [6.45, 7) is 15.2. The molecule has 0 aromatic heterocycles. The Balaban J connectivity index is 1.67. The maximum atomic E-state index is 13.4. The van der Waals surface area contributed by atoms with Crippen LogP contribution >= 0.6 is 0 Å². The summed E-state index contributed by atoms with van der Waals surface area (Å²) in [5.74, 6) is -1.62. The van der Waals surface area contributed by atoms with Crippen LogP contribution in [0, 0.1) is 10.8 Å². The maximum Gasteiger partial charge on any atom is 0.407 e. The topological polar surface area (TPSA) is 179 Å². The number of amides is 6. The van der Waals surface area contributed by atoms with Gasteiger partial charge in [0.15, 0.2) is 0 Å². The summed E-state index contributed by atoms with van der Waals surface area (Å²) in [5.41, 5.74) is 2.83. The summed E-state index contributed by atoms with van der Waals surface area (Å²) in [5, 5.41) is 10.9. The van der Waals surface area contributed by atoms with Gasteiger partial charge < -0.3 is 45.4 Å². The molecule has 3 rings (SSSR count). The Morgan fingerprint density at radius 3 is 1.20 bits per heavy atom. The Labute approximate surface area is 348 Å². The lowest BCUT2D eigenvalue weighted by Gasteiger charge is -2.35. The number of hydrogen-bond donors (Lipinski definition) is 4. The lowest BCUT2D eigenvalue weighted by atomic mass is 9.85. The normalized spacial score (nSPS) is 13.4. The van der Waals surface area contributed by atoms with Gasteiger partial charge in [-0.05, 0) is 72.2 Å². The molecule has 3 aromatic carbocycles. The number of carbonyl (C=O) groups excluding carboxylic acids is 6. The van der Waals surface area contributed by atoms with Crippen molar-refractivity contribution in [3.05, 3.63) is 90.0 Å². The summed E-state index contributed by atoms with van der Waals surface area (Å²) in [6.07, 6.45) is -1.47. The van der Waals surface area contributed by atoms with Crippen LogP contribution < -0.4 is 26.2 Å². The Kier molecular flexibility index (Phi) is 16.4. The van der Waals surface area contributed by atoms with E-state index in [4.69, 9.17) is 9.47 Å². The van der Waals surface area contributed by atoms with Crippen molar-refractivity contribution in [1.82, 2.24) is 20.4 Å². The summed E-state index contributed by atoms with van der Waals surface area (Å²) in [6, 6.07) is 21.4. The lowest BCUT2D eigenvalue weighted by molar-refractivity contribution is -0.140. The molecule has 0 spiro atoms. The van der Waals surface area contributed by atoms with Gasteiger partial charge in [0, 0.05) is 44.2 Å². The average molecular weight is 816 g/mol. The molecule has 0 saturated heterocycles. The zero-order chi connectivity index (χ0) is 44.2. The highest BCUT2D eigenvalue weighted by molar-refractivity contribution is 5.99. The van der Waals surface area contributed by atoms with Gasteiger partial charge in [0.2, 0.25) is 23.6 Å². The van der Waals surface area contributed by atoms with Crippen LogP contribution in [0.5, 0.6) is 0 Å². The van der Waals surface area contributed by atoms with Crippen molar-refractivity contribution in [2.45, 2.75) is 92.6 Å². The average Bonchev–Trinajstić information content (AvgIpc) is 3.20. The van der Waals surface area contributed by atoms with Gasteiger partial charge in [0.25, 0.3) is 0 Å². The quantitative estimate of drug-likeness (QED) is 0.143. The van der Waals surface area contributed by atoms with Crippen LogP contribution in [-0.2, 0) is 41.7 Å². The van der Waals surface area contributed by atoms with E-state index in [0.29, 0.717) is 24.5 Å². The number of para-hydroxylation sites is 1. The third-order valence-electron chi connectivity index (χ3n) is 10.0. The molecular formula is C44H61N7O8. The van der Waals surface area contributed by atoms with Crippen LogP contribution in [0.1, 0.15) is 66.5 Å².